The molecule has 2 saturated heterocycles. The number of hydrogen-bond donors (Lipinski definition) is 3. The van der Waals surface area contributed by atoms with Crippen LogP contribution in [0.15, 0.2) is 0 Å². The zero-order valence-electron chi connectivity index (χ0n) is 12.2. The van der Waals surface area contributed by atoms with E-state index in [9.17, 15) is 23.1 Å². The quantitative estimate of drug-likeness (QED) is 0.689. The molecule has 0 aromatic carbocycles. The second-order valence-corrected chi connectivity index (χ2v) is 5.92. The van der Waals surface area contributed by atoms with Crippen molar-refractivity contribution < 1.29 is 23.1 Å². The van der Waals surface area contributed by atoms with E-state index < -0.39 is 24.7 Å². The van der Waals surface area contributed by atoms with Gasteiger partial charge < -0.3 is 15.7 Å². The van der Waals surface area contributed by atoms with Crippen LogP contribution in [0, 0.1) is 11.8 Å². The number of hydrogen-bond acceptors (Lipinski definition) is 4. The number of likely N-dealkylation sites (tertiary alicyclic amines) is 1. The number of aliphatic hydroxyl groups is 1. The number of amides is 1. The lowest BCUT2D eigenvalue weighted by Crippen LogP contribution is -2.47. The second-order valence-electron chi connectivity index (χ2n) is 5.92. The van der Waals surface area contributed by atoms with Gasteiger partial charge in [-0.15, -0.1) is 12.4 Å². The molecule has 2 fully saturated rings. The van der Waals surface area contributed by atoms with Gasteiger partial charge in [0.1, 0.15) is 0 Å². The molecule has 130 valence electrons. The van der Waals surface area contributed by atoms with E-state index in [1.165, 1.54) is 4.90 Å². The highest BCUT2D eigenvalue weighted by Gasteiger charge is 2.35. The summed E-state index contributed by atoms with van der Waals surface area (Å²) in [6.07, 6.45) is -3.48. The zero-order valence-corrected chi connectivity index (χ0v) is 13.1. The minimum atomic E-state index is -4.22. The van der Waals surface area contributed by atoms with Crippen LogP contribution in [0.4, 0.5) is 13.2 Å². The molecule has 0 aliphatic carbocycles. The molecule has 9 heteroatoms. The topological polar surface area (TPSA) is 64.6 Å². The molecular weight excluding hydrogens is 323 g/mol. The van der Waals surface area contributed by atoms with E-state index in [2.05, 4.69) is 10.6 Å². The lowest BCUT2D eigenvalue weighted by Gasteiger charge is -2.32. The SMILES string of the molecule is Cl.O=C(NCC1CNCC1O)C1CCCN(CC(F)(F)F)C1. The van der Waals surface area contributed by atoms with Crippen molar-refractivity contribution in [3.63, 3.8) is 0 Å². The number of carbonyl (C=O) groups is 1. The fourth-order valence-electron chi connectivity index (χ4n) is 2.97. The Morgan fingerprint density at radius 1 is 1.36 bits per heavy atom. The summed E-state index contributed by atoms with van der Waals surface area (Å²) in [5, 5.41) is 15.4. The van der Waals surface area contributed by atoms with Crippen molar-refractivity contribution in [1.29, 1.82) is 0 Å². The van der Waals surface area contributed by atoms with Crippen LogP contribution < -0.4 is 10.6 Å². The van der Waals surface area contributed by atoms with Gasteiger partial charge in [0.2, 0.25) is 5.91 Å². The largest absolute Gasteiger partial charge is 0.401 e. The predicted octanol–water partition coefficient (Wildman–Crippen LogP) is 0.379. The molecule has 22 heavy (non-hydrogen) atoms. The summed E-state index contributed by atoms with van der Waals surface area (Å²) in [5.74, 6) is -0.627. The normalized spacial score (nSPS) is 29.9. The van der Waals surface area contributed by atoms with Crippen molar-refractivity contribution in [2.24, 2.45) is 11.8 Å². The van der Waals surface area contributed by atoms with Gasteiger partial charge in [0.25, 0.3) is 0 Å². The first-order valence-corrected chi connectivity index (χ1v) is 7.31. The highest BCUT2D eigenvalue weighted by atomic mass is 35.5. The smallest absolute Gasteiger partial charge is 0.391 e. The summed E-state index contributed by atoms with van der Waals surface area (Å²) in [6.45, 7) is 1.10. The molecule has 5 nitrogen and oxygen atoms in total. The summed E-state index contributed by atoms with van der Waals surface area (Å²) in [5.41, 5.74) is 0. The first-order valence-electron chi connectivity index (χ1n) is 7.31. The molecule has 0 aromatic heterocycles. The van der Waals surface area contributed by atoms with Gasteiger partial charge in [0.05, 0.1) is 18.6 Å². The summed E-state index contributed by atoms with van der Waals surface area (Å²) in [6, 6.07) is 0. The maximum absolute atomic E-state index is 12.4. The van der Waals surface area contributed by atoms with E-state index in [1.54, 1.807) is 0 Å². The summed E-state index contributed by atoms with van der Waals surface area (Å²) in [7, 11) is 0. The number of piperidine rings is 1. The molecule has 3 unspecified atom stereocenters. The molecule has 2 aliphatic rings. The van der Waals surface area contributed by atoms with Crippen LogP contribution >= 0.6 is 12.4 Å². The van der Waals surface area contributed by atoms with Crippen LogP contribution in [0.2, 0.25) is 0 Å². The Morgan fingerprint density at radius 2 is 2.09 bits per heavy atom. The molecule has 1 amide bonds. The Hall–Kier alpha value is -0.570. The second kappa shape index (κ2) is 8.33. The maximum Gasteiger partial charge on any atom is 0.401 e. The van der Waals surface area contributed by atoms with Crippen molar-refractivity contribution in [2.45, 2.75) is 25.1 Å². The Labute approximate surface area is 134 Å². The Morgan fingerprint density at radius 3 is 2.68 bits per heavy atom. The average Bonchev–Trinajstić information content (AvgIpc) is 2.80. The van der Waals surface area contributed by atoms with E-state index >= 15 is 0 Å². The molecular formula is C13H23ClF3N3O2. The van der Waals surface area contributed by atoms with Crippen LogP contribution in [0.3, 0.4) is 0 Å². The van der Waals surface area contributed by atoms with E-state index in [0.29, 0.717) is 39.0 Å². The lowest BCUT2D eigenvalue weighted by atomic mass is 9.96. The van der Waals surface area contributed by atoms with Gasteiger partial charge in [0.15, 0.2) is 0 Å². The minimum absolute atomic E-state index is 0. The number of nitrogens with one attached hydrogen (secondary N) is 2. The van der Waals surface area contributed by atoms with E-state index in [0.717, 1.165) is 0 Å². The molecule has 0 aromatic rings. The van der Waals surface area contributed by atoms with Crippen LogP contribution in [0.5, 0.6) is 0 Å². The van der Waals surface area contributed by atoms with Gasteiger partial charge in [-0.3, -0.25) is 9.69 Å². The molecule has 0 bridgehead atoms. The van der Waals surface area contributed by atoms with Gasteiger partial charge in [-0.1, -0.05) is 0 Å². The van der Waals surface area contributed by atoms with Crippen molar-refractivity contribution in [3.8, 4) is 0 Å². The third-order valence-corrected chi connectivity index (χ3v) is 4.12. The standard InChI is InChI=1S/C13H22F3N3O2.ClH/c14-13(15,16)8-19-3-1-2-9(7-19)12(21)18-5-10-4-17-6-11(10)20;/h9-11,17,20H,1-8H2,(H,18,21);1H. The van der Waals surface area contributed by atoms with Crippen molar-refractivity contribution in [1.82, 2.24) is 15.5 Å². The van der Waals surface area contributed by atoms with Gasteiger partial charge in [0, 0.05) is 32.1 Å². The van der Waals surface area contributed by atoms with Gasteiger partial charge in [-0.25, -0.2) is 0 Å². The van der Waals surface area contributed by atoms with Crippen LogP contribution in [0.25, 0.3) is 0 Å². The van der Waals surface area contributed by atoms with Gasteiger partial charge >= 0.3 is 6.18 Å². The first-order chi connectivity index (χ1) is 9.85. The summed E-state index contributed by atoms with van der Waals surface area (Å²) in [4.78, 5) is 13.3. The van der Waals surface area contributed by atoms with Crippen LogP contribution in [-0.4, -0.2) is 67.5 Å². The molecule has 0 saturated carbocycles. The first kappa shape index (κ1) is 19.5. The lowest BCUT2D eigenvalue weighted by molar-refractivity contribution is -0.152. The number of nitrogens with zero attached hydrogens (tertiary/aromatic N) is 1. The minimum Gasteiger partial charge on any atom is -0.391 e. The predicted molar refractivity (Wildman–Crippen MR) is 77.8 cm³/mol. The van der Waals surface area contributed by atoms with Crippen LogP contribution in [-0.2, 0) is 4.79 Å². The third kappa shape index (κ3) is 5.91. The molecule has 0 radical (unpaired) electrons. The van der Waals surface area contributed by atoms with E-state index in [1.807, 2.05) is 0 Å². The van der Waals surface area contributed by atoms with Crippen LogP contribution in [0.1, 0.15) is 12.8 Å². The summed E-state index contributed by atoms with van der Waals surface area (Å²) < 4.78 is 37.2. The Bertz CT molecular complexity index is 371. The average molecular weight is 346 g/mol. The highest BCUT2D eigenvalue weighted by molar-refractivity contribution is 5.85. The molecule has 2 aliphatic heterocycles. The van der Waals surface area contributed by atoms with E-state index in [-0.39, 0.29) is 30.8 Å². The molecule has 3 N–H and O–H groups in total. The number of carbonyl (C=O) groups excluding carboxylic acids is 1. The van der Waals surface area contributed by atoms with Gasteiger partial charge in [-0.2, -0.15) is 13.2 Å². The monoisotopic (exact) mass is 345 g/mol. The van der Waals surface area contributed by atoms with Crippen molar-refractivity contribution in [3.05, 3.63) is 0 Å². The maximum atomic E-state index is 12.4. The van der Waals surface area contributed by atoms with Gasteiger partial charge in [-0.05, 0) is 19.4 Å². The number of alkyl halides is 3. The Kier molecular flexibility index (Phi) is 7.37. The molecule has 2 heterocycles. The number of β-amino-alcohol motifs (C(OH)–C–C–N with tert-alkyl or cyclic N) is 1. The fourth-order valence-corrected chi connectivity index (χ4v) is 2.97. The third-order valence-electron chi connectivity index (χ3n) is 4.12. The Balaban J connectivity index is 0.00000242. The fraction of sp³-hybridized carbons (Fsp3) is 0.923. The van der Waals surface area contributed by atoms with Crippen molar-refractivity contribution in [2.75, 3.05) is 39.3 Å². The summed E-state index contributed by atoms with van der Waals surface area (Å²) >= 11 is 0. The highest BCUT2D eigenvalue weighted by Crippen LogP contribution is 2.22. The molecule has 0 spiro atoms. The number of aliphatic hydroxyl groups excluding tert-OH is 1. The number of halogens is 4. The van der Waals surface area contributed by atoms with Crippen molar-refractivity contribution >= 4 is 18.3 Å². The zero-order chi connectivity index (χ0) is 15.5. The molecule has 2 rings (SSSR count). The van der Waals surface area contributed by atoms with E-state index in [4.69, 9.17) is 0 Å². The molecule has 3 atom stereocenters. The number of rotatable bonds is 4.